The predicted octanol–water partition coefficient (Wildman–Crippen LogP) is 1.53. The minimum absolute atomic E-state index is 0.00759. The number of hydrogen-bond donors (Lipinski definition) is 0. The molecule has 0 aromatic heterocycles. The lowest BCUT2D eigenvalue weighted by Gasteiger charge is -2.29. The molecule has 0 saturated heterocycles. The van der Waals surface area contributed by atoms with E-state index in [1.54, 1.807) is 7.11 Å². The van der Waals surface area contributed by atoms with E-state index in [0.717, 1.165) is 5.56 Å². The molecular weight excluding hydrogens is 220 g/mol. The van der Waals surface area contributed by atoms with E-state index in [-0.39, 0.29) is 12.4 Å². The third-order valence-corrected chi connectivity index (χ3v) is 3.06. The van der Waals surface area contributed by atoms with Gasteiger partial charge in [-0.3, -0.25) is 4.79 Å². The molecule has 0 N–H and O–H groups in total. The molecule has 1 aromatic carbocycles. The summed E-state index contributed by atoms with van der Waals surface area (Å²) in [5, 5.41) is 0. The number of hydrogen-bond acceptors (Lipinski definition) is 4. The first-order chi connectivity index (χ1) is 8.24. The Morgan fingerprint density at radius 1 is 1.35 bits per heavy atom. The van der Waals surface area contributed by atoms with Crippen LogP contribution in [0.25, 0.3) is 0 Å². The number of methoxy groups -OCH3 is 2. The molecule has 0 saturated carbocycles. The summed E-state index contributed by atoms with van der Waals surface area (Å²) >= 11 is 0. The molecule has 92 valence electrons. The van der Waals surface area contributed by atoms with E-state index in [9.17, 15) is 4.79 Å². The molecular formula is C13H16O4. The van der Waals surface area contributed by atoms with E-state index in [1.807, 2.05) is 24.3 Å². The van der Waals surface area contributed by atoms with Crippen molar-refractivity contribution < 1.29 is 19.0 Å². The molecule has 4 heteroatoms. The zero-order valence-corrected chi connectivity index (χ0v) is 10.1. The van der Waals surface area contributed by atoms with Gasteiger partial charge in [-0.15, -0.1) is 0 Å². The van der Waals surface area contributed by atoms with Crippen LogP contribution in [0.5, 0.6) is 5.75 Å². The maximum atomic E-state index is 12.2. The molecule has 4 nitrogen and oxygen atoms in total. The third kappa shape index (κ3) is 1.94. The number of fused-ring (bicyclic) bond motifs is 1. The van der Waals surface area contributed by atoms with Crippen molar-refractivity contribution in [1.82, 2.24) is 0 Å². The molecule has 1 aliphatic heterocycles. The molecule has 0 amide bonds. The summed E-state index contributed by atoms with van der Waals surface area (Å²) in [5.41, 5.74) is -0.297. The summed E-state index contributed by atoms with van der Waals surface area (Å²) in [4.78, 5) is 12.2. The van der Waals surface area contributed by atoms with Gasteiger partial charge in [0.25, 0.3) is 0 Å². The molecule has 1 aromatic rings. The Hall–Kier alpha value is -1.39. The smallest absolute Gasteiger partial charge is 0.177 e. The highest BCUT2D eigenvalue weighted by Gasteiger charge is 2.43. The third-order valence-electron chi connectivity index (χ3n) is 3.06. The van der Waals surface area contributed by atoms with Crippen molar-refractivity contribution in [1.29, 1.82) is 0 Å². The first kappa shape index (κ1) is 12.1. The Labute approximate surface area is 100 Å². The van der Waals surface area contributed by atoms with Gasteiger partial charge >= 0.3 is 0 Å². The molecule has 1 heterocycles. The van der Waals surface area contributed by atoms with E-state index in [2.05, 4.69) is 0 Å². The fourth-order valence-corrected chi connectivity index (χ4v) is 2.18. The normalized spacial score (nSPS) is 23.8. The first-order valence-corrected chi connectivity index (χ1v) is 5.54. The van der Waals surface area contributed by atoms with Gasteiger partial charge in [-0.2, -0.15) is 0 Å². The predicted molar refractivity (Wildman–Crippen MR) is 62.1 cm³/mol. The van der Waals surface area contributed by atoms with Gasteiger partial charge in [0, 0.05) is 26.2 Å². The van der Waals surface area contributed by atoms with Gasteiger partial charge in [0.1, 0.15) is 5.75 Å². The van der Waals surface area contributed by atoms with Crippen LogP contribution in [0.2, 0.25) is 0 Å². The minimum Gasteiger partial charge on any atom is -0.493 e. The number of rotatable bonds is 3. The van der Waals surface area contributed by atoms with Crippen LogP contribution in [0, 0.1) is 0 Å². The van der Waals surface area contributed by atoms with Gasteiger partial charge < -0.3 is 14.2 Å². The second-order valence-electron chi connectivity index (χ2n) is 3.98. The standard InChI is InChI=1S/C13H16O4/c1-15-9-13(16-2)10-5-3-4-6-11(10)17-8-7-12(13)14/h3-6H,7-9H2,1-2H3. The quantitative estimate of drug-likeness (QED) is 0.798. The lowest BCUT2D eigenvalue weighted by molar-refractivity contribution is -0.149. The van der Waals surface area contributed by atoms with Crippen molar-refractivity contribution in [3.63, 3.8) is 0 Å². The SMILES string of the molecule is COCC1(OC)C(=O)CCOc2ccccc21. The summed E-state index contributed by atoms with van der Waals surface area (Å²) in [6.45, 7) is 0.577. The number of Topliss-reactive ketones (excluding diaryl/α,β-unsaturated/α-hetero) is 1. The van der Waals surface area contributed by atoms with Crippen molar-refractivity contribution in [2.75, 3.05) is 27.4 Å². The summed E-state index contributed by atoms with van der Waals surface area (Å²) in [5.74, 6) is 0.684. The van der Waals surface area contributed by atoms with E-state index in [0.29, 0.717) is 18.8 Å². The highest BCUT2D eigenvalue weighted by atomic mass is 16.5. The highest BCUT2D eigenvalue weighted by Crippen LogP contribution is 2.37. The largest absolute Gasteiger partial charge is 0.493 e. The van der Waals surface area contributed by atoms with Crippen LogP contribution in [-0.2, 0) is 19.9 Å². The van der Waals surface area contributed by atoms with Gasteiger partial charge in [0.05, 0.1) is 13.2 Å². The van der Waals surface area contributed by atoms with E-state index in [4.69, 9.17) is 14.2 Å². The molecule has 17 heavy (non-hydrogen) atoms. The first-order valence-electron chi connectivity index (χ1n) is 5.54. The zero-order valence-electron chi connectivity index (χ0n) is 10.1. The van der Waals surface area contributed by atoms with Crippen molar-refractivity contribution >= 4 is 5.78 Å². The maximum Gasteiger partial charge on any atom is 0.177 e. The Balaban J connectivity index is 2.56. The highest BCUT2D eigenvalue weighted by molar-refractivity contribution is 5.90. The summed E-state index contributed by atoms with van der Waals surface area (Å²) in [7, 11) is 3.08. The van der Waals surface area contributed by atoms with Gasteiger partial charge in [-0.05, 0) is 6.07 Å². The number of ether oxygens (including phenoxy) is 3. The molecule has 1 aliphatic rings. The Morgan fingerprint density at radius 3 is 2.82 bits per heavy atom. The topological polar surface area (TPSA) is 44.8 Å². The Morgan fingerprint density at radius 2 is 2.12 bits per heavy atom. The number of carbonyl (C=O) groups excluding carboxylic acids is 1. The van der Waals surface area contributed by atoms with Crippen LogP contribution in [0.15, 0.2) is 24.3 Å². The fourth-order valence-electron chi connectivity index (χ4n) is 2.18. The van der Waals surface area contributed by atoms with Crippen molar-refractivity contribution in [3.8, 4) is 5.75 Å². The molecule has 1 unspecified atom stereocenters. The lowest BCUT2D eigenvalue weighted by Crippen LogP contribution is -2.41. The van der Waals surface area contributed by atoms with Crippen LogP contribution in [0.4, 0.5) is 0 Å². The van der Waals surface area contributed by atoms with E-state index < -0.39 is 5.60 Å². The van der Waals surface area contributed by atoms with Crippen LogP contribution in [0.3, 0.4) is 0 Å². The zero-order chi connectivity index (χ0) is 12.3. The van der Waals surface area contributed by atoms with Crippen molar-refractivity contribution in [2.24, 2.45) is 0 Å². The van der Waals surface area contributed by atoms with Crippen LogP contribution in [0.1, 0.15) is 12.0 Å². The Bertz CT molecular complexity index is 416. The number of carbonyl (C=O) groups is 1. The number of para-hydroxylation sites is 1. The van der Waals surface area contributed by atoms with Crippen LogP contribution < -0.4 is 4.74 Å². The second kappa shape index (κ2) is 4.85. The molecule has 0 bridgehead atoms. The lowest BCUT2D eigenvalue weighted by atomic mass is 9.88. The van der Waals surface area contributed by atoms with Crippen molar-refractivity contribution in [3.05, 3.63) is 29.8 Å². The van der Waals surface area contributed by atoms with Crippen LogP contribution >= 0.6 is 0 Å². The van der Waals surface area contributed by atoms with Gasteiger partial charge in [-0.25, -0.2) is 0 Å². The molecule has 0 radical (unpaired) electrons. The average molecular weight is 236 g/mol. The molecule has 0 fully saturated rings. The molecule has 0 spiro atoms. The number of benzene rings is 1. The van der Waals surface area contributed by atoms with E-state index in [1.165, 1.54) is 7.11 Å². The summed E-state index contributed by atoms with van der Waals surface area (Å²) in [6.07, 6.45) is 0.325. The van der Waals surface area contributed by atoms with Gasteiger partial charge in [0.15, 0.2) is 11.4 Å². The average Bonchev–Trinajstić information content (AvgIpc) is 2.49. The number of ketones is 1. The summed E-state index contributed by atoms with van der Waals surface area (Å²) < 4.78 is 16.2. The fraction of sp³-hybridized carbons (Fsp3) is 0.462. The molecule has 2 rings (SSSR count). The monoisotopic (exact) mass is 236 g/mol. The Kier molecular flexibility index (Phi) is 3.45. The second-order valence-corrected chi connectivity index (χ2v) is 3.98. The van der Waals surface area contributed by atoms with Crippen molar-refractivity contribution in [2.45, 2.75) is 12.0 Å². The molecule has 0 aliphatic carbocycles. The summed E-state index contributed by atoms with van der Waals surface area (Å²) in [6, 6.07) is 7.44. The van der Waals surface area contributed by atoms with Gasteiger partial charge in [0.2, 0.25) is 0 Å². The van der Waals surface area contributed by atoms with Gasteiger partial charge in [-0.1, -0.05) is 18.2 Å². The maximum absolute atomic E-state index is 12.2. The van der Waals surface area contributed by atoms with E-state index >= 15 is 0 Å². The van der Waals surface area contributed by atoms with Crippen LogP contribution in [-0.4, -0.2) is 33.2 Å². The molecule has 1 atom stereocenters. The minimum atomic E-state index is -1.04.